The summed E-state index contributed by atoms with van der Waals surface area (Å²) in [7, 11) is 0. The van der Waals surface area contributed by atoms with Crippen molar-refractivity contribution in [3.8, 4) is 0 Å². The molecular formula is C46H37N3O2. The second-order valence-electron chi connectivity index (χ2n) is 12.5. The summed E-state index contributed by atoms with van der Waals surface area (Å²) in [6.45, 7) is 0.419. The zero-order valence-electron chi connectivity index (χ0n) is 28.1. The molecule has 0 aliphatic heterocycles. The highest BCUT2D eigenvalue weighted by Gasteiger charge is 2.39. The molecule has 0 spiro atoms. The first-order chi connectivity index (χ1) is 25.3. The Labute approximate surface area is 298 Å². The van der Waals surface area contributed by atoms with Crippen LogP contribution in [0.3, 0.4) is 0 Å². The molecule has 5 nitrogen and oxygen atoms in total. The first-order valence-electron chi connectivity index (χ1n) is 17.3. The molecule has 248 valence electrons. The molecule has 8 aromatic rings. The quantitative estimate of drug-likeness (QED) is 0.132. The topological polar surface area (TPSA) is 60.2 Å². The van der Waals surface area contributed by atoms with Crippen LogP contribution in [0.15, 0.2) is 199 Å². The standard InChI is InChI=1S/C46H37N3O2/c1-7-19-36(20-8-1)45(37-21-9-2-10-22-37,38-23-11-3-12-24-38)49-44-43-42(47-34-48-44)35(33-50-43)31-32-51-46(39-25-13-4-14-26-39,40-27-15-5-16-28-40)41-29-17-6-18-30-41/h1-30,33-34H,31-32H2,(H,47,48,49). The van der Waals surface area contributed by atoms with Crippen molar-refractivity contribution in [1.82, 2.24) is 9.97 Å². The Bertz CT molecular complexity index is 2100. The third kappa shape index (κ3) is 5.98. The van der Waals surface area contributed by atoms with Gasteiger partial charge in [0, 0.05) is 12.0 Å². The third-order valence-corrected chi connectivity index (χ3v) is 9.58. The van der Waals surface area contributed by atoms with Gasteiger partial charge in [-0.05, 0) is 33.4 Å². The van der Waals surface area contributed by atoms with Crippen molar-refractivity contribution >= 4 is 16.9 Å². The highest BCUT2D eigenvalue weighted by molar-refractivity contribution is 5.87. The molecule has 0 bridgehead atoms. The summed E-state index contributed by atoms with van der Waals surface area (Å²) in [6.07, 6.45) is 3.98. The molecule has 5 heteroatoms. The van der Waals surface area contributed by atoms with Gasteiger partial charge in [0.05, 0.1) is 12.9 Å². The van der Waals surface area contributed by atoms with Gasteiger partial charge in [0.15, 0.2) is 11.4 Å². The van der Waals surface area contributed by atoms with Crippen LogP contribution in [0.1, 0.15) is 38.9 Å². The molecule has 0 radical (unpaired) electrons. The van der Waals surface area contributed by atoms with Crippen molar-refractivity contribution in [2.45, 2.75) is 17.6 Å². The monoisotopic (exact) mass is 663 g/mol. The van der Waals surface area contributed by atoms with E-state index in [-0.39, 0.29) is 0 Å². The summed E-state index contributed by atoms with van der Waals surface area (Å²) < 4.78 is 13.4. The van der Waals surface area contributed by atoms with E-state index in [2.05, 4.69) is 151 Å². The van der Waals surface area contributed by atoms with E-state index in [1.807, 2.05) is 36.4 Å². The SMILES string of the molecule is c1ccc(C(Nc2ncnc3c(CCOC(c4ccccc4)(c4ccccc4)c4ccccc4)coc23)(c2ccccc2)c2ccccc2)cc1. The summed E-state index contributed by atoms with van der Waals surface area (Å²) >= 11 is 0. The van der Waals surface area contributed by atoms with Gasteiger partial charge < -0.3 is 14.5 Å². The van der Waals surface area contributed by atoms with Gasteiger partial charge in [-0.15, -0.1) is 0 Å². The van der Waals surface area contributed by atoms with E-state index >= 15 is 0 Å². The van der Waals surface area contributed by atoms with Crippen molar-refractivity contribution < 1.29 is 9.15 Å². The highest BCUT2D eigenvalue weighted by atomic mass is 16.5. The minimum Gasteiger partial charge on any atom is -0.458 e. The Morgan fingerprint density at radius 2 is 0.882 bits per heavy atom. The van der Waals surface area contributed by atoms with Crippen LogP contribution in [0.4, 0.5) is 5.82 Å². The van der Waals surface area contributed by atoms with Gasteiger partial charge in [-0.3, -0.25) is 0 Å². The smallest absolute Gasteiger partial charge is 0.194 e. The average molecular weight is 664 g/mol. The number of anilines is 1. The van der Waals surface area contributed by atoms with Crippen LogP contribution in [-0.2, 0) is 22.3 Å². The van der Waals surface area contributed by atoms with E-state index in [0.29, 0.717) is 24.4 Å². The van der Waals surface area contributed by atoms with Gasteiger partial charge in [0.2, 0.25) is 0 Å². The fourth-order valence-corrected chi connectivity index (χ4v) is 7.21. The molecule has 0 aliphatic carbocycles. The maximum Gasteiger partial charge on any atom is 0.194 e. The van der Waals surface area contributed by atoms with Crippen molar-refractivity contribution in [3.05, 3.63) is 234 Å². The maximum atomic E-state index is 7.09. The minimum absolute atomic E-state index is 0.419. The lowest BCUT2D eigenvalue weighted by Gasteiger charge is -2.37. The summed E-state index contributed by atoms with van der Waals surface area (Å²) in [6, 6.07) is 62.7. The summed E-state index contributed by atoms with van der Waals surface area (Å²) in [5, 5.41) is 3.87. The maximum absolute atomic E-state index is 7.09. The molecule has 8 rings (SSSR count). The largest absolute Gasteiger partial charge is 0.458 e. The Kier molecular flexibility index (Phi) is 8.94. The number of furan rings is 1. The second-order valence-corrected chi connectivity index (χ2v) is 12.5. The third-order valence-electron chi connectivity index (χ3n) is 9.58. The zero-order valence-corrected chi connectivity index (χ0v) is 28.1. The predicted molar refractivity (Wildman–Crippen MR) is 203 cm³/mol. The van der Waals surface area contributed by atoms with Crippen LogP contribution in [0, 0.1) is 0 Å². The Morgan fingerprint density at radius 3 is 1.29 bits per heavy atom. The van der Waals surface area contributed by atoms with Crippen LogP contribution in [0.25, 0.3) is 11.1 Å². The lowest BCUT2D eigenvalue weighted by Crippen LogP contribution is -2.38. The average Bonchev–Trinajstić information content (AvgIpc) is 3.64. The van der Waals surface area contributed by atoms with E-state index in [9.17, 15) is 0 Å². The van der Waals surface area contributed by atoms with Crippen molar-refractivity contribution in [2.24, 2.45) is 0 Å². The molecule has 0 atom stereocenters. The highest BCUT2D eigenvalue weighted by Crippen LogP contribution is 2.42. The van der Waals surface area contributed by atoms with Crippen LogP contribution >= 0.6 is 0 Å². The second kappa shape index (κ2) is 14.3. The van der Waals surface area contributed by atoms with E-state index < -0.39 is 11.1 Å². The number of rotatable bonds is 12. The van der Waals surface area contributed by atoms with Gasteiger partial charge in [0.1, 0.15) is 23.0 Å². The number of nitrogens with zero attached hydrogens (tertiary/aromatic N) is 2. The van der Waals surface area contributed by atoms with E-state index in [1.165, 1.54) is 0 Å². The molecule has 0 fully saturated rings. The van der Waals surface area contributed by atoms with Gasteiger partial charge in [-0.1, -0.05) is 182 Å². The molecule has 2 heterocycles. The predicted octanol–water partition coefficient (Wildman–Crippen LogP) is 10.2. The number of hydrogen-bond acceptors (Lipinski definition) is 5. The number of benzene rings is 6. The molecule has 0 saturated heterocycles. The van der Waals surface area contributed by atoms with Crippen LogP contribution in [0.2, 0.25) is 0 Å². The fraction of sp³-hybridized carbons (Fsp3) is 0.0870. The van der Waals surface area contributed by atoms with E-state index in [0.717, 1.165) is 44.5 Å². The minimum atomic E-state index is -0.814. The zero-order chi connectivity index (χ0) is 34.4. The number of fused-ring (bicyclic) bond motifs is 1. The molecular weight excluding hydrogens is 627 g/mol. The number of nitrogens with one attached hydrogen (secondary N) is 1. The number of hydrogen-bond donors (Lipinski definition) is 1. The van der Waals surface area contributed by atoms with Crippen molar-refractivity contribution in [3.63, 3.8) is 0 Å². The molecule has 51 heavy (non-hydrogen) atoms. The molecule has 0 amide bonds. The lowest BCUT2D eigenvalue weighted by molar-refractivity contribution is 0.0148. The van der Waals surface area contributed by atoms with Gasteiger partial charge in [-0.2, -0.15) is 0 Å². The van der Waals surface area contributed by atoms with E-state index in [4.69, 9.17) is 19.1 Å². The van der Waals surface area contributed by atoms with Crippen molar-refractivity contribution in [1.29, 1.82) is 0 Å². The molecule has 0 aliphatic rings. The first-order valence-corrected chi connectivity index (χ1v) is 17.3. The van der Waals surface area contributed by atoms with Gasteiger partial charge >= 0.3 is 0 Å². The Balaban J connectivity index is 1.17. The first kappa shape index (κ1) is 31.9. The van der Waals surface area contributed by atoms with Crippen molar-refractivity contribution in [2.75, 3.05) is 11.9 Å². The Morgan fingerprint density at radius 1 is 0.490 bits per heavy atom. The van der Waals surface area contributed by atoms with Crippen LogP contribution < -0.4 is 5.32 Å². The fourth-order valence-electron chi connectivity index (χ4n) is 7.21. The summed E-state index contributed by atoms with van der Waals surface area (Å²) in [4.78, 5) is 9.51. The molecule has 2 aromatic heterocycles. The van der Waals surface area contributed by atoms with E-state index in [1.54, 1.807) is 12.6 Å². The summed E-state index contributed by atoms with van der Waals surface area (Å²) in [5.41, 5.74) is 7.14. The lowest BCUT2D eigenvalue weighted by atomic mass is 9.77. The molecule has 1 N–H and O–H groups in total. The van der Waals surface area contributed by atoms with Gasteiger partial charge in [0.25, 0.3) is 0 Å². The van der Waals surface area contributed by atoms with Gasteiger partial charge in [-0.25, -0.2) is 9.97 Å². The summed E-state index contributed by atoms with van der Waals surface area (Å²) in [5.74, 6) is 0.607. The number of ether oxygens (including phenoxy) is 1. The van der Waals surface area contributed by atoms with Crippen LogP contribution in [-0.4, -0.2) is 16.6 Å². The normalized spacial score (nSPS) is 11.8. The molecule has 0 unspecified atom stereocenters. The Hall–Kier alpha value is -6.30. The number of aromatic nitrogens is 2. The molecule has 0 saturated carbocycles. The molecule has 6 aromatic carbocycles. The van der Waals surface area contributed by atoms with Crippen LogP contribution in [0.5, 0.6) is 0 Å².